The molecule has 5 heteroatoms. The number of thiazole rings is 1. The lowest BCUT2D eigenvalue weighted by Crippen LogP contribution is -2.42. The highest BCUT2D eigenvalue weighted by molar-refractivity contribution is 7.09. The minimum atomic E-state index is -0.722. The zero-order chi connectivity index (χ0) is 14.9. The van der Waals surface area contributed by atoms with Crippen LogP contribution in [0.15, 0.2) is 5.38 Å². The second-order valence-electron chi connectivity index (χ2n) is 6.59. The first-order chi connectivity index (χ1) is 10.1. The largest absolute Gasteiger partial charge is 0.389 e. The van der Waals surface area contributed by atoms with E-state index in [1.165, 1.54) is 5.01 Å². The molecule has 0 radical (unpaired) electrons. The van der Waals surface area contributed by atoms with Gasteiger partial charge in [0.1, 0.15) is 0 Å². The maximum absolute atomic E-state index is 12.4. The second kappa shape index (κ2) is 6.05. The van der Waals surface area contributed by atoms with Crippen LogP contribution in [0.5, 0.6) is 0 Å². The minimum Gasteiger partial charge on any atom is -0.389 e. The normalized spacial score (nSPS) is 22.7. The Balaban J connectivity index is 1.52. The second-order valence-corrected chi connectivity index (χ2v) is 7.48. The number of aryl methyl sites for hydroxylation is 1. The van der Waals surface area contributed by atoms with E-state index in [-0.39, 0.29) is 5.91 Å². The fourth-order valence-electron chi connectivity index (χ4n) is 3.54. The van der Waals surface area contributed by atoms with Crippen molar-refractivity contribution in [2.24, 2.45) is 0 Å². The molecule has 0 aromatic carbocycles. The summed E-state index contributed by atoms with van der Waals surface area (Å²) in [4.78, 5) is 18.9. The third kappa shape index (κ3) is 3.46. The first-order valence-electron chi connectivity index (χ1n) is 7.98. The molecular formula is C16H24N2O2S. The average Bonchev–Trinajstić information content (AvgIpc) is 3.08. The summed E-state index contributed by atoms with van der Waals surface area (Å²) in [5, 5.41) is 13.7. The Hall–Kier alpha value is -0.940. The molecule has 1 N–H and O–H groups in total. The lowest BCUT2D eigenvalue weighted by atomic mass is 9.94. The quantitative estimate of drug-likeness (QED) is 0.934. The highest BCUT2D eigenvalue weighted by Crippen LogP contribution is 2.34. The summed E-state index contributed by atoms with van der Waals surface area (Å²) >= 11 is 1.74. The lowest BCUT2D eigenvalue weighted by Gasteiger charge is -2.33. The van der Waals surface area contributed by atoms with Crippen molar-refractivity contribution < 1.29 is 9.90 Å². The molecule has 4 nitrogen and oxygen atoms in total. The van der Waals surface area contributed by atoms with Crippen LogP contribution in [-0.4, -0.2) is 39.6 Å². The van der Waals surface area contributed by atoms with E-state index in [9.17, 15) is 9.90 Å². The molecule has 2 heterocycles. The van der Waals surface area contributed by atoms with Gasteiger partial charge in [-0.15, -0.1) is 11.3 Å². The van der Waals surface area contributed by atoms with Crippen molar-refractivity contribution in [3.63, 3.8) is 0 Å². The number of likely N-dealkylation sites (tertiary alicyclic amines) is 1. The number of nitrogens with zero attached hydrogens (tertiary/aromatic N) is 2. The van der Waals surface area contributed by atoms with Gasteiger partial charge in [-0.3, -0.25) is 4.79 Å². The molecular weight excluding hydrogens is 284 g/mol. The molecule has 0 atom stereocenters. The molecule has 2 aliphatic rings. The summed E-state index contributed by atoms with van der Waals surface area (Å²) in [5.41, 5.74) is 0.373. The van der Waals surface area contributed by atoms with Gasteiger partial charge in [0.2, 0.25) is 5.91 Å². The van der Waals surface area contributed by atoms with Crippen LogP contribution in [0.3, 0.4) is 0 Å². The van der Waals surface area contributed by atoms with Crippen LogP contribution in [0.2, 0.25) is 0 Å². The first-order valence-corrected chi connectivity index (χ1v) is 8.86. The molecule has 1 saturated heterocycles. The predicted molar refractivity (Wildman–Crippen MR) is 83.4 cm³/mol. The minimum absolute atomic E-state index is 0.133. The Kier molecular flexibility index (Phi) is 4.31. The van der Waals surface area contributed by atoms with Crippen molar-refractivity contribution >= 4 is 17.2 Å². The molecule has 1 aromatic heterocycles. The fourth-order valence-corrected chi connectivity index (χ4v) is 4.51. The van der Waals surface area contributed by atoms with Crippen LogP contribution in [0, 0.1) is 6.92 Å². The molecule has 0 bridgehead atoms. The third-order valence-corrected chi connectivity index (χ3v) is 5.97. The van der Waals surface area contributed by atoms with Gasteiger partial charge in [-0.05, 0) is 32.6 Å². The molecule has 0 unspecified atom stereocenters. The molecule has 116 valence electrons. The van der Waals surface area contributed by atoms with Crippen LogP contribution in [0.25, 0.3) is 0 Å². The zero-order valence-electron chi connectivity index (χ0n) is 12.7. The van der Waals surface area contributed by atoms with Crippen molar-refractivity contribution in [2.75, 3.05) is 13.1 Å². The molecule has 1 aliphatic carbocycles. The zero-order valence-corrected chi connectivity index (χ0v) is 13.5. The van der Waals surface area contributed by atoms with Crippen LogP contribution in [0.1, 0.15) is 61.6 Å². The number of carbonyl (C=O) groups excluding carboxylic acids is 1. The molecule has 21 heavy (non-hydrogen) atoms. The van der Waals surface area contributed by atoms with E-state index in [2.05, 4.69) is 10.4 Å². The van der Waals surface area contributed by atoms with E-state index in [0.29, 0.717) is 12.3 Å². The van der Waals surface area contributed by atoms with Gasteiger partial charge in [-0.1, -0.05) is 12.8 Å². The number of aromatic nitrogens is 1. The Morgan fingerprint density at radius 1 is 1.43 bits per heavy atom. The highest BCUT2D eigenvalue weighted by Gasteiger charge is 2.35. The predicted octanol–water partition coefficient (Wildman–Crippen LogP) is 2.85. The molecule has 3 rings (SSSR count). The van der Waals surface area contributed by atoms with Crippen molar-refractivity contribution in [3.8, 4) is 0 Å². The van der Waals surface area contributed by atoms with Crippen molar-refractivity contribution in [1.82, 2.24) is 9.88 Å². The number of hydrogen-bond donors (Lipinski definition) is 1. The van der Waals surface area contributed by atoms with Gasteiger partial charge in [0.05, 0.1) is 17.0 Å². The van der Waals surface area contributed by atoms with Gasteiger partial charge in [0, 0.05) is 30.1 Å². The summed E-state index contributed by atoms with van der Waals surface area (Å²) < 4.78 is 0. The van der Waals surface area contributed by atoms with Crippen LogP contribution in [0.4, 0.5) is 0 Å². The fraction of sp³-hybridized carbons (Fsp3) is 0.750. The Bertz CT molecular complexity index is 500. The molecule has 1 amide bonds. The number of piperidine rings is 1. The molecule has 1 aliphatic heterocycles. The Labute approximate surface area is 130 Å². The molecule has 2 fully saturated rings. The molecule has 0 spiro atoms. The summed E-state index contributed by atoms with van der Waals surface area (Å²) in [7, 11) is 0. The van der Waals surface area contributed by atoms with Gasteiger partial charge in [0.15, 0.2) is 0 Å². The third-order valence-electron chi connectivity index (χ3n) is 4.85. The van der Waals surface area contributed by atoms with Crippen LogP contribution >= 0.6 is 11.3 Å². The highest BCUT2D eigenvalue weighted by atomic mass is 32.1. The maximum Gasteiger partial charge on any atom is 0.225 e. The van der Waals surface area contributed by atoms with Gasteiger partial charge in [-0.25, -0.2) is 4.98 Å². The maximum atomic E-state index is 12.4. The summed E-state index contributed by atoms with van der Waals surface area (Å²) in [6, 6.07) is 0. The van der Waals surface area contributed by atoms with Crippen LogP contribution < -0.4 is 0 Å². The molecule has 1 saturated carbocycles. The van der Waals surface area contributed by atoms with E-state index in [1.807, 2.05) is 11.8 Å². The number of rotatable bonds is 3. The standard InChI is InChI=1S/C16H24N2O2S/c1-12-11-21-15(17-12)13-4-8-18(9-5-13)14(19)10-16(20)6-2-3-7-16/h11,13,20H,2-10H2,1H3. The monoisotopic (exact) mass is 308 g/mol. The van der Waals surface area contributed by atoms with Gasteiger partial charge >= 0.3 is 0 Å². The van der Waals surface area contributed by atoms with Gasteiger partial charge < -0.3 is 10.0 Å². The number of aliphatic hydroxyl groups is 1. The molecule has 1 aromatic rings. The van der Waals surface area contributed by atoms with E-state index in [4.69, 9.17) is 0 Å². The van der Waals surface area contributed by atoms with Crippen molar-refractivity contribution in [2.45, 2.75) is 63.4 Å². The van der Waals surface area contributed by atoms with Crippen molar-refractivity contribution in [1.29, 1.82) is 0 Å². The van der Waals surface area contributed by atoms with E-state index >= 15 is 0 Å². The van der Waals surface area contributed by atoms with Gasteiger partial charge in [0.25, 0.3) is 0 Å². The number of carbonyl (C=O) groups is 1. The van der Waals surface area contributed by atoms with Gasteiger partial charge in [-0.2, -0.15) is 0 Å². The lowest BCUT2D eigenvalue weighted by molar-refractivity contribution is -0.137. The van der Waals surface area contributed by atoms with E-state index < -0.39 is 5.60 Å². The van der Waals surface area contributed by atoms with Crippen molar-refractivity contribution in [3.05, 3.63) is 16.1 Å². The average molecular weight is 308 g/mol. The first kappa shape index (κ1) is 15.0. The Morgan fingerprint density at radius 2 is 2.10 bits per heavy atom. The topological polar surface area (TPSA) is 53.4 Å². The Morgan fingerprint density at radius 3 is 2.67 bits per heavy atom. The number of amides is 1. The summed E-state index contributed by atoms with van der Waals surface area (Å²) in [6.45, 7) is 3.64. The smallest absolute Gasteiger partial charge is 0.225 e. The van der Waals surface area contributed by atoms with E-state index in [1.54, 1.807) is 11.3 Å². The number of hydrogen-bond acceptors (Lipinski definition) is 4. The SMILES string of the molecule is Cc1csc(C2CCN(C(=O)CC3(O)CCCC3)CC2)n1. The summed E-state index contributed by atoms with van der Waals surface area (Å²) in [6.07, 6.45) is 5.98. The van der Waals surface area contributed by atoms with Crippen LogP contribution in [-0.2, 0) is 4.79 Å². The van der Waals surface area contributed by atoms with E-state index in [0.717, 1.165) is 57.3 Å². The summed E-state index contributed by atoms with van der Waals surface area (Å²) in [5.74, 6) is 0.635.